The second-order valence-electron chi connectivity index (χ2n) is 3.29. The Morgan fingerprint density at radius 3 is 2.58 bits per heavy atom. The van der Waals surface area contributed by atoms with Gasteiger partial charge in [-0.2, -0.15) is 0 Å². The molecule has 0 aliphatic carbocycles. The van der Waals surface area contributed by atoms with Gasteiger partial charge in [0.25, 0.3) is 0 Å². The van der Waals surface area contributed by atoms with E-state index < -0.39 is 0 Å². The summed E-state index contributed by atoms with van der Waals surface area (Å²) >= 11 is 0. The summed E-state index contributed by atoms with van der Waals surface area (Å²) in [5, 5.41) is 8.51. The SMILES string of the molecule is OCCCOCN1CCCCC1. The summed E-state index contributed by atoms with van der Waals surface area (Å²) in [4.78, 5) is 2.33. The number of piperidine rings is 1. The summed E-state index contributed by atoms with van der Waals surface area (Å²) in [6.07, 6.45) is 4.74. The highest BCUT2D eigenvalue weighted by Gasteiger charge is 2.08. The molecule has 3 nitrogen and oxygen atoms in total. The molecule has 0 aromatic rings. The normalized spacial score (nSPS) is 19.8. The van der Waals surface area contributed by atoms with Gasteiger partial charge < -0.3 is 9.84 Å². The first-order chi connectivity index (χ1) is 5.93. The van der Waals surface area contributed by atoms with Crippen molar-refractivity contribution in [2.75, 3.05) is 33.0 Å². The first-order valence-electron chi connectivity index (χ1n) is 4.84. The van der Waals surface area contributed by atoms with Crippen LogP contribution in [-0.2, 0) is 4.74 Å². The number of ether oxygens (including phenoxy) is 1. The van der Waals surface area contributed by atoms with E-state index in [-0.39, 0.29) is 6.61 Å². The molecule has 1 rings (SSSR count). The molecule has 1 N–H and O–H groups in total. The highest BCUT2D eigenvalue weighted by molar-refractivity contribution is 4.60. The minimum atomic E-state index is 0.236. The largest absolute Gasteiger partial charge is 0.396 e. The third-order valence-corrected chi connectivity index (χ3v) is 2.17. The zero-order valence-corrected chi connectivity index (χ0v) is 7.67. The molecule has 0 amide bonds. The van der Waals surface area contributed by atoms with Crippen molar-refractivity contribution in [2.45, 2.75) is 25.7 Å². The van der Waals surface area contributed by atoms with Crippen LogP contribution >= 0.6 is 0 Å². The number of hydrogen-bond donors (Lipinski definition) is 1. The maximum absolute atomic E-state index is 8.51. The highest BCUT2D eigenvalue weighted by atomic mass is 16.5. The lowest BCUT2D eigenvalue weighted by Gasteiger charge is -2.25. The van der Waals surface area contributed by atoms with Gasteiger partial charge in [0.2, 0.25) is 0 Å². The molecule has 72 valence electrons. The number of rotatable bonds is 5. The minimum Gasteiger partial charge on any atom is -0.396 e. The van der Waals surface area contributed by atoms with Crippen LogP contribution in [0, 0.1) is 0 Å². The fraction of sp³-hybridized carbons (Fsp3) is 1.00. The van der Waals surface area contributed by atoms with Crippen LogP contribution in [0.3, 0.4) is 0 Å². The number of likely N-dealkylation sites (tertiary alicyclic amines) is 1. The predicted octanol–water partition coefficient (Wildman–Crippen LogP) is 0.829. The Bertz CT molecular complexity index is 103. The Balaban J connectivity index is 1.91. The summed E-state index contributed by atoms with van der Waals surface area (Å²) in [6.45, 7) is 4.03. The van der Waals surface area contributed by atoms with Crippen molar-refractivity contribution in [1.82, 2.24) is 4.90 Å². The highest BCUT2D eigenvalue weighted by Crippen LogP contribution is 2.07. The van der Waals surface area contributed by atoms with Crippen molar-refractivity contribution in [3.8, 4) is 0 Å². The third-order valence-electron chi connectivity index (χ3n) is 2.17. The molecule has 0 bridgehead atoms. The number of aliphatic hydroxyl groups is 1. The lowest BCUT2D eigenvalue weighted by Crippen LogP contribution is -2.32. The van der Waals surface area contributed by atoms with Gasteiger partial charge in [0.15, 0.2) is 0 Å². The molecule has 0 unspecified atom stereocenters. The molecule has 1 heterocycles. The van der Waals surface area contributed by atoms with Gasteiger partial charge in [0, 0.05) is 19.7 Å². The van der Waals surface area contributed by atoms with Gasteiger partial charge in [-0.25, -0.2) is 0 Å². The van der Waals surface area contributed by atoms with Crippen LogP contribution in [0.1, 0.15) is 25.7 Å². The molecule has 1 aliphatic rings. The minimum absolute atomic E-state index is 0.236. The van der Waals surface area contributed by atoms with Gasteiger partial charge in [-0.15, -0.1) is 0 Å². The number of hydrogen-bond acceptors (Lipinski definition) is 3. The Kier molecular flexibility index (Phi) is 5.32. The van der Waals surface area contributed by atoms with E-state index in [9.17, 15) is 0 Å². The first kappa shape index (κ1) is 9.96. The topological polar surface area (TPSA) is 32.7 Å². The van der Waals surface area contributed by atoms with Crippen molar-refractivity contribution in [1.29, 1.82) is 0 Å². The predicted molar refractivity (Wildman–Crippen MR) is 47.9 cm³/mol. The molecule has 0 atom stereocenters. The average Bonchev–Trinajstić information content (AvgIpc) is 2.14. The second-order valence-corrected chi connectivity index (χ2v) is 3.29. The van der Waals surface area contributed by atoms with Gasteiger partial charge in [0.1, 0.15) is 0 Å². The molecule has 0 aromatic heterocycles. The maximum Gasteiger partial charge on any atom is 0.0990 e. The van der Waals surface area contributed by atoms with Gasteiger partial charge in [-0.1, -0.05) is 6.42 Å². The van der Waals surface area contributed by atoms with Gasteiger partial charge in [0.05, 0.1) is 13.3 Å². The van der Waals surface area contributed by atoms with E-state index in [1.807, 2.05) is 0 Å². The Morgan fingerprint density at radius 2 is 1.92 bits per heavy atom. The zero-order valence-electron chi connectivity index (χ0n) is 7.67. The number of aliphatic hydroxyl groups excluding tert-OH is 1. The Morgan fingerprint density at radius 1 is 1.17 bits per heavy atom. The van der Waals surface area contributed by atoms with Crippen molar-refractivity contribution in [2.24, 2.45) is 0 Å². The van der Waals surface area contributed by atoms with Crippen LogP contribution in [0.4, 0.5) is 0 Å². The van der Waals surface area contributed by atoms with E-state index in [1.165, 1.54) is 32.4 Å². The summed E-state index contributed by atoms with van der Waals surface area (Å²) in [5.41, 5.74) is 0. The van der Waals surface area contributed by atoms with Gasteiger partial charge in [-0.3, -0.25) is 4.90 Å². The van der Waals surface area contributed by atoms with E-state index in [4.69, 9.17) is 9.84 Å². The lowest BCUT2D eigenvalue weighted by atomic mass is 10.1. The monoisotopic (exact) mass is 173 g/mol. The molecule has 1 fully saturated rings. The van der Waals surface area contributed by atoms with Crippen molar-refractivity contribution >= 4 is 0 Å². The average molecular weight is 173 g/mol. The number of nitrogens with zero attached hydrogens (tertiary/aromatic N) is 1. The van der Waals surface area contributed by atoms with E-state index in [2.05, 4.69) is 4.90 Å². The molecule has 0 radical (unpaired) electrons. The maximum atomic E-state index is 8.51. The van der Waals surface area contributed by atoms with Crippen LogP contribution in [0.2, 0.25) is 0 Å². The Labute approximate surface area is 74.3 Å². The Hall–Kier alpha value is -0.120. The first-order valence-corrected chi connectivity index (χ1v) is 4.84. The lowest BCUT2D eigenvalue weighted by molar-refractivity contribution is 0.0137. The van der Waals surface area contributed by atoms with Gasteiger partial charge >= 0.3 is 0 Å². The van der Waals surface area contributed by atoms with Crippen LogP contribution in [0.5, 0.6) is 0 Å². The van der Waals surface area contributed by atoms with Crippen molar-refractivity contribution in [3.63, 3.8) is 0 Å². The van der Waals surface area contributed by atoms with E-state index >= 15 is 0 Å². The van der Waals surface area contributed by atoms with E-state index in [0.717, 1.165) is 13.2 Å². The smallest absolute Gasteiger partial charge is 0.0990 e. The van der Waals surface area contributed by atoms with E-state index in [1.54, 1.807) is 0 Å². The zero-order chi connectivity index (χ0) is 8.65. The molecule has 0 spiro atoms. The molecule has 1 aliphatic heterocycles. The van der Waals surface area contributed by atoms with Crippen LogP contribution in [0.25, 0.3) is 0 Å². The molecular formula is C9H19NO2. The second kappa shape index (κ2) is 6.40. The molecule has 12 heavy (non-hydrogen) atoms. The van der Waals surface area contributed by atoms with E-state index in [0.29, 0.717) is 6.61 Å². The third kappa shape index (κ3) is 4.04. The van der Waals surface area contributed by atoms with Crippen LogP contribution < -0.4 is 0 Å². The quantitative estimate of drug-likeness (QED) is 0.625. The molecule has 1 saturated heterocycles. The van der Waals surface area contributed by atoms with Gasteiger partial charge in [-0.05, 0) is 19.3 Å². The summed E-state index contributed by atoms with van der Waals surface area (Å²) in [6, 6.07) is 0. The summed E-state index contributed by atoms with van der Waals surface area (Å²) in [5.74, 6) is 0. The fourth-order valence-electron chi connectivity index (χ4n) is 1.45. The standard InChI is InChI=1S/C9H19NO2/c11-7-4-8-12-9-10-5-2-1-3-6-10/h11H,1-9H2. The van der Waals surface area contributed by atoms with Crippen molar-refractivity contribution < 1.29 is 9.84 Å². The summed E-state index contributed by atoms with van der Waals surface area (Å²) < 4.78 is 5.38. The molecule has 0 aromatic carbocycles. The fourth-order valence-corrected chi connectivity index (χ4v) is 1.45. The summed E-state index contributed by atoms with van der Waals surface area (Å²) in [7, 11) is 0. The molecular weight excluding hydrogens is 154 g/mol. The molecule has 0 saturated carbocycles. The molecule has 3 heteroatoms. The van der Waals surface area contributed by atoms with Crippen LogP contribution in [0.15, 0.2) is 0 Å². The van der Waals surface area contributed by atoms with Crippen molar-refractivity contribution in [3.05, 3.63) is 0 Å². The van der Waals surface area contributed by atoms with Crippen LogP contribution in [-0.4, -0.2) is 43.0 Å².